The van der Waals surface area contributed by atoms with Crippen LogP contribution < -0.4 is 0 Å². The Kier molecular flexibility index (Phi) is 6.80. The fraction of sp³-hybridized carbons (Fsp3) is 0.0882. The topological polar surface area (TPSA) is 111 Å². The molecule has 0 aliphatic heterocycles. The van der Waals surface area contributed by atoms with E-state index in [4.69, 9.17) is 4.74 Å². The van der Waals surface area contributed by atoms with Crippen LogP contribution in [-0.4, -0.2) is 44.4 Å². The summed E-state index contributed by atoms with van der Waals surface area (Å²) in [5, 5.41) is 21.0. The van der Waals surface area contributed by atoms with Gasteiger partial charge in [0.1, 0.15) is 0 Å². The molecule has 2 heterocycles. The number of carbonyl (C=O) groups excluding carboxylic acids is 1. The minimum Gasteiger partial charge on any atom is -0.478 e. The van der Waals surface area contributed by atoms with Gasteiger partial charge in [-0.25, -0.2) is 14.4 Å². The molecule has 0 saturated heterocycles. The van der Waals surface area contributed by atoms with Crippen molar-refractivity contribution in [2.45, 2.75) is 13.1 Å². The maximum Gasteiger partial charge on any atom is 0.337 e. The fourth-order valence-electron chi connectivity index (χ4n) is 5.34. The number of aromatic carboxylic acids is 2. The molecule has 0 atom stereocenters. The molecule has 2 aromatic heterocycles. The summed E-state index contributed by atoms with van der Waals surface area (Å²) < 4.78 is 8.94. The van der Waals surface area contributed by atoms with Crippen LogP contribution in [0.15, 0.2) is 103 Å². The second-order valence-electron chi connectivity index (χ2n) is 10.2. The molecule has 8 heteroatoms. The van der Waals surface area contributed by atoms with Crippen molar-refractivity contribution in [3.8, 4) is 11.1 Å². The van der Waals surface area contributed by atoms with Gasteiger partial charge in [-0.05, 0) is 87.6 Å². The predicted molar refractivity (Wildman–Crippen MR) is 159 cm³/mol. The van der Waals surface area contributed by atoms with Gasteiger partial charge in [0.15, 0.2) is 0 Å². The number of methoxy groups -OCH3 is 1. The molecule has 2 N–H and O–H groups in total. The zero-order valence-corrected chi connectivity index (χ0v) is 22.7. The molecule has 6 aromatic rings. The quantitative estimate of drug-likeness (QED) is 0.205. The first-order valence-electron chi connectivity index (χ1n) is 13.2. The molecule has 4 aromatic carbocycles. The molecule has 0 spiro atoms. The number of hydrogen-bond donors (Lipinski definition) is 2. The van der Waals surface area contributed by atoms with Crippen LogP contribution in [0.4, 0.5) is 0 Å². The van der Waals surface area contributed by atoms with Gasteiger partial charge in [-0.2, -0.15) is 0 Å². The van der Waals surface area contributed by atoms with E-state index in [0.717, 1.165) is 38.5 Å². The third-order valence-corrected chi connectivity index (χ3v) is 7.42. The Balaban J connectivity index is 1.34. The lowest BCUT2D eigenvalue weighted by Crippen LogP contribution is -2.08. The highest BCUT2D eigenvalue weighted by Gasteiger charge is 2.14. The summed E-state index contributed by atoms with van der Waals surface area (Å²) in [5.41, 5.74) is 6.09. The second-order valence-corrected chi connectivity index (χ2v) is 10.2. The van der Waals surface area contributed by atoms with Crippen molar-refractivity contribution in [1.82, 2.24) is 9.13 Å². The molecular formula is C34H26N2O6. The highest BCUT2D eigenvalue weighted by atomic mass is 16.5. The first kappa shape index (κ1) is 26.6. The SMILES string of the molecule is COC(=O)c1cc(Cn2ccc3ccc(-c4ccc5ccn(Cc6cccc(C(=O)O)c6)c5c4)cc32)cc(C(=O)O)c1. The molecule has 0 amide bonds. The van der Waals surface area contributed by atoms with Crippen LogP contribution in [0, 0.1) is 0 Å². The molecule has 208 valence electrons. The van der Waals surface area contributed by atoms with Crippen LogP contribution in [0.25, 0.3) is 32.9 Å². The number of fused-ring (bicyclic) bond motifs is 2. The van der Waals surface area contributed by atoms with E-state index in [0.29, 0.717) is 18.7 Å². The van der Waals surface area contributed by atoms with Crippen LogP contribution in [0.3, 0.4) is 0 Å². The number of carbonyl (C=O) groups is 3. The van der Waals surface area contributed by atoms with E-state index in [9.17, 15) is 24.6 Å². The van der Waals surface area contributed by atoms with Crippen molar-refractivity contribution in [1.29, 1.82) is 0 Å². The van der Waals surface area contributed by atoms with E-state index < -0.39 is 17.9 Å². The molecule has 0 saturated carbocycles. The highest BCUT2D eigenvalue weighted by molar-refractivity contribution is 5.95. The number of benzene rings is 4. The Hall–Kier alpha value is -5.63. The summed E-state index contributed by atoms with van der Waals surface area (Å²) in [6.07, 6.45) is 3.95. The van der Waals surface area contributed by atoms with Gasteiger partial charge in [0.2, 0.25) is 0 Å². The average Bonchev–Trinajstić information content (AvgIpc) is 3.59. The minimum atomic E-state index is -1.11. The van der Waals surface area contributed by atoms with Gasteiger partial charge in [0, 0.05) is 36.5 Å². The molecular weight excluding hydrogens is 532 g/mol. The molecule has 0 unspecified atom stereocenters. The number of rotatable bonds is 8. The molecule has 42 heavy (non-hydrogen) atoms. The van der Waals surface area contributed by atoms with Crippen molar-refractivity contribution < 1.29 is 29.3 Å². The van der Waals surface area contributed by atoms with Crippen LogP contribution in [0.1, 0.15) is 42.2 Å². The standard InChI is InChI=1S/C34H26N2O6/c1-42-34(41)29-15-22(14-28(16-29)33(39)40)20-36-12-10-24-6-8-26(18-31(24)36)25-7-5-23-9-11-35(30(23)17-25)19-21-3-2-4-27(13-21)32(37)38/h2-18H,19-20H2,1H3,(H,37,38)(H,39,40). The van der Waals surface area contributed by atoms with Crippen molar-refractivity contribution in [2.75, 3.05) is 7.11 Å². The number of aromatic nitrogens is 2. The normalized spacial score (nSPS) is 11.2. The van der Waals surface area contributed by atoms with Crippen molar-refractivity contribution in [3.63, 3.8) is 0 Å². The third kappa shape index (κ3) is 5.13. The maximum atomic E-state index is 12.2. The van der Waals surface area contributed by atoms with E-state index in [2.05, 4.69) is 41.0 Å². The van der Waals surface area contributed by atoms with Gasteiger partial charge in [-0.3, -0.25) is 0 Å². The number of esters is 1. The Bertz CT molecular complexity index is 2020. The minimum absolute atomic E-state index is 0.0241. The first-order chi connectivity index (χ1) is 20.3. The van der Waals surface area contributed by atoms with Gasteiger partial charge in [-0.1, -0.05) is 36.4 Å². The Labute approximate surface area is 240 Å². The Morgan fingerprint density at radius 3 is 1.74 bits per heavy atom. The van der Waals surface area contributed by atoms with Crippen LogP contribution in [-0.2, 0) is 17.8 Å². The van der Waals surface area contributed by atoms with Crippen LogP contribution in [0.5, 0.6) is 0 Å². The van der Waals surface area contributed by atoms with Gasteiger partial charge < -0.3 is 24.1 Å². The number of hydrogen-bond acceptors (Lipinski definition) is 4. The number of ether oxygens (including phenoxy) is 1. The first-order valence-corrected chi connectivity index (χ1v) is 13.2. The van der Waals surface area contributed by atoms with Crippen LogP contribution >= 0.6 is 0 Å². The van der Waals surface area contributed by atoms with E-state index in [1.54, 1.807) is 30.3 Å². The van der Waals surface area contributed by atoms with Crippen molar-refractivity contribution in [3.05, 3.63) is 131 Å². The molecule has 6 rings (SSSR count). The van der Waals surface area contributed by atoms with E-state index in [1.165, 1.54) is 13.2 Å². The smallest absolute Gasteiger partial charge is 0.337 e. The van der Waals surface area contributed by atoms with Gasteiger partial charge >= 0.3 is 17.9 Å². The zero-order valence-electron chi connectivity index (χ0n) is 22.7. The lowest BCUT2D eigenvalue weighted by Gasteiger charge is -2.11. The third-order valence-electron chi connectivity index (χ3n) is 7.42. The molecule has 0 aliphatic carbocycles. The molecule has 0 aliphatic rings. The summed E-state index contributed by atoms with van der Waals surface area (Å²) in [6, 6.07) is 28.0. The maximum absolute atomic E-state index is 12.2. The summed E-state index contributed by atoms with van der Waals surface area (Å²) in [5.74, 6) is -2.65. The average molecular weight is 559 g/mol. The van der Waals surface area contributed by atoms with Gasteiger partial charge in [0.05, 0.1) is 23.8 Å². The second kappa shape index (κ2) is 10.7. The highest BCUT2D eigenvalue weighted by Crippen LogP contribution is 2.29. The van der Waals surface area contributed by atoms with Gasteiger partial charge in [-0.15, -0.1) is 0 Å². The van der Waals surface area contributed by atoms with Crippen molar-refractivity contribution >= 4 is 39.7 Å². The molecule has 8 nitrogen and oxygen atoms in total. The van der Waals surface area contributed by atoms with E-state index in [1.807, 2.05) is 35.2 Å². The molecule has 0 radical (unpaired) electrons. The summed E-state index contributed by atoms with van der Waals surface area (Å²) >= 11 is 0. The van der Waals surface area contributed by atoms with E-state index in [-0.39, 0.29) is 16.7 Å². The lowest BCUT2D eigenvalue weighted by molar-refractivity contribution is 0.0599. The summed E-state index contributed by atoms with van der Waals surface area (Å²) in [7, 11) is 1.27. The Morgan fingerprint density at radius 1 is 0.619 bits per heavy atom. The van der Waals surface area contributed by atoms with Crippen molar-refractivity contribution in [2.24, 2.45) is 0 Å². The molecule has 0 bridgehead atoms. The molecule has 0 fully saturated rings. The Morgan fingerprint density at radius 2 is 1.17 bits per heavy atom. The lowest BCUT2D eigenvalue weighted by atomic mass is 10.0. The fourth-order valence-corrected chi connectivity index (χ4v) is 5.34. The van der Waals surface area contributed by atoms with Crippen LogP contribution in [0.2, 0.25) is 0 Å². The summed E-state index contributed by atoms with van der Waals surface area (Å²) in [6.45, 7) is 0.911. The zero-order chi connectivity index (χ0) is 29.4. The number of carboxylic acid groups (broad SMARTS) is 2. The largest absolute Gasteiger partial charge is 0.478 e. The predicted octanol–water partition coefficient (Wildman–Crippen LogP) is 6.54. The number of nitrogens with zero attached hydrogens (tertiary/aromatic N) is 2. The monoisotopic (exact) mass is 558 g/mol. The number of carboxylic acids is 2. The summed E-state index contributed by atoms with van der Waals surface area (Å²) in [4.78, 5) is 35.3. The van der Waals surface area contributed by atoms with E-state index >= 15 is 0 Å². The van der Waals surface area contributed by atoms with Gasteiger partial charge in [0.25, 0.3) is 0 Å².